The van der Waals surface area contributed by atoms with E-state index in [0.717, 1.165) is 37.2 Å². The van der Waals surface area contributed by atoms with E-state index >= 15 is 0 Å². The lowest BCUT2D eigenvalue weighted by Gasteiger charge is -2.24. The van der Waals surface area contributed by atoms with Gasteiger partial charge in [0.25, 0.3) is 0 Å². The van der Waals surface area contributed by atoms with Crippen molar-refractivity contribution >= 4 is 0 Å². The highest BCUT2D eigenvalue weighted by atomic mass is 15.3. The highest BCUT2D eigenvalue weighted by Gasteiger charge is 2.25. The van der Waals surface area contributed by atoms with E-state index in [1.807, 2.05) is 29.1 Å². The molecule has 6 heteroatoms. The van der Waals surface area contributed by atoms with Crippen molar-refractivity contribution in [2.75, 3.05) is 0 Å². The molecule has 4 aromatic rings. The first-order chi connectivity index (χ1) is 14.7. The van der Waals surface area contributed by atoms with Gasteiger partial charge >= 0.3 is 0 Å². The van der Waals surface area contributed by atoms with Crippen LogP contribution in [0.2, 0.25) is 0 Å². The van der Waals surface area contributed by atoms with Crippen LogP contribution in [0.1, 0.15) is 47.0 Å². The minimum Gasteiger partial charge on any atom is -0.304 e. The lowest BCUT2D eigenvalue weighted by atomic mass is 9.92. The number of nitrogens with zero attached hydrogens (tertiary/aromatic N) is 5. The SMILES string of the molecule is Cc1cc(C)cc(-n2ncc3c2CCCC3NCc2cccn2-c2ncccn2)c1. The molecule has 0 saturated carbocycles. The molecule has 0 aliphatic heterocycles. The molecule has 1 aliphatic rings. The number of fused-ring (bicyclic) bond motifs is 1. The Morgan fingerprint density at radius 1 is 1.07 bits per heavy atom. The van der Waals surface area contributed by atoms with Crippen molar-refractivity contribution in [3.05, 3.63) is 89.3 Å². The van der Waals surface area contributed by atoms with Gasteiger partial charge in [-0.2, -0.15) is 5.10 Å². The van der Waals surface area contributed by atoms with Gasteiger partial charge in [-0.15, -0.1) is 0 Å². The van der Waals surface area contributed by atoms with Gasteiger partial charge in [0.15, 0.2) is 0 Å². The van der Waals surface area contributed by atoms with Crippen molar-refractivity contribution in [1.29, 1.82) is 0 Å². The fourth-order valence-corrected chi connectivity index (χ4v) is 4.46. The number of rotatable bonds is 5. The lowest BCUT2D eigenvalue weighted by molar-refractivity contribution is 0.450. The Morgan fingerprint density at radius 3 is 2.67 bits per heavy atom. The van der Waals surface area contributed by atoms with Gasteiger partial charge in [-0.3, -0.25) is 4.57 Å². The Kier molecular flexibility index (Phi) is 4.93. The summed E-state index contributed by atoms with van der Waals surface area (Å²) in [6, 6.07) is 12.9. The summed E-state index contributed by atoms with van der Waals surface area (Å²) >= 11 is 0. The van der Waals surface area contributed by atoms with E-state index in [4.69, 9.17) is 5.10 Å². The normalized spacial score (nSPS) is 15.9. The smallest absolute Gasteiger partial charge is 0.233 e. The topological polar surface area (TPSA) is 60.6 Å². The highest BCUT2D eigenvalue weighted by molar-refractivity contribution is 5.42. The second-order valence-electron chi connectivity index (χ2n) is 8.05. The van der Waals surface area contributed by atoms with E-state index in [9.17, 15) is 0 Å². The first kappa shape index (κ1) is 18.8. The maximum atomic E-state index is 4.76. The van der Waals surface area contributed by atoms with Crippen LogP contribution in [-0.2, 0) is 13.0 Å². The van der Waals surface area contributed by atoms with Crippen LogP contribution in [0.5, 0.6) is 0 Å². The second kappa shape index (κ2) is 7.88. The molecule has 3 heterocycles. The molecule has 6 nitrogen and oxygen atoms in total. The minimum atomic E-state index is 0.299. The zero-order valence-electron chi connectivity index (χ0n) is 17.4. The van der Waals surface area contributed by atoms with Crippen LogP contribution in [0.15, 0.2) is 61.2 Å². The molecule has 1 unspecified atom stereocenters. The molecule has 152 valence electrons. The second-order valence-corrected chi connectivity index (χ2v) is 8.05. The fourth-order valence-electron chi connectivity index (χ4n) is 4.46. The Hall–Kier alpha value is -3.25. The number of benzene rings is 1. The zero-order valence-corrected chi connectivity index (χ0v) is 17.4. The quantitative estimate of drug-likeness (QED) is 0.546. The van der Waals surface area contributed by atoms with Gasteiger partial charge in [0.1, 0.15) is 0 Å². The summed E-state index contributed by atoms with van der Waals surface area (Å²) in [7, 11) is 0. The molecule has 0 spiro atoms. The average Bonchev–Trinajstić information content (AvgIpc) is 3.39. The van der Waals surface area contributed by atoms with Crippen LogP contribution in [-0.4, -0.2) is 24.3 Å². The molecule has 0 amide bonds. The van der Waals surface area contributed by atoms with Gasteiger partial charge in [-0.05, 0) is 74.6 Å². The van der Waals surface area contributed by atoms with Crippen LogP contribution < -0.4 is 5.32 Å². The monoisotopic (exact) mass is 398 g/mol. The van der Waals surface area contributed by atoms with Crippen molar-refractivity contribution < 1.29 is 0 Å². The van der Waals surface area contributed by atoms with Crippen LogP contribution in [0.25, 0.3) is 11.6 Å². The molecule has 1 aliphatic carbocycles. The summed E-state index contributed by atoms with van der Waals surface area (Å²) in [5, 5.41) is 8.51. The van der Waals surface area contributed by atoms with E-state index in [1.165, 1.54) is 22.4 Å². The molecule has 30 heavy (non-hydrogen) atoms. The van der Waals surface area contributed by atoms with Crippen molar-refractivity contribution in [3.63, 3.8) is 0 Å². The van der Waals surface area contributed by atoms with E-state index in [1.54, 1.807) is 12.4 Å². The molecule has 0 bridgehead atoms. The average molecular weight is 399 g/mol. The van der Waals surface area contributed by atoms with Gasteiger partial charge < -0.3 is 5.32 Å². The maximum absolute atomic E-state index is 4.76. The number of hydrogen-bond donors (Lipinski definition) is 1. The molecular formula is C24H26N6. The lowest BCUT2D eigenvalue weighted by Crippen LogP contribution is -2.26. The molecule has 0 saturated heterocycles. The minimum absolute atomic E-state index is 0.299. The Morgan fingerprint density at radius 2 is 1.87 bits per heavy atom. The van der Waals surface area contributed by atoms with Gasteiger partial charge in [0.2, 0.25) is 5.95 Å². The van der Waals surface area contributed by atoms with Crippen molar-refractivity contribution in [3.8, 4) is 11.6 Å². The van der Waals surface area contributed by atoms with Gasteiger partial charge in [0, 0.05) is 48.1 Å². The number of aryl methyl sites for hydroxylation is 2. The molecule has 3 aromatic heterocycles. The summed E-state index contributed by atoms with van der Waals surface area (Å²) in [6.45, 7) is 5.04. The van der Waals surface area contributed by atoms with Gasteiger partial charge in [0.05, 0.1) is 11.9 Å². The predicted octanol–water partition coefficient (Wildman–Crippen LogP) is 4.24. The first-order valence-electron chi connectivity index (χ1n) is 10.5. The largest absolute Gasteiger partial charge is 0.304 e. The van der Waals surface area contributed by atoms with Crippen LogP contribution in [0.4, 0.5) is 0 Å². The van der Waals surface area contributed by atoms with E-state index in [0.29, 0.717) is 12.0 Å². The number of nitrogens with one attached hydrogen (secondary N) is 1. The van der Waals surface area contributed by atoms with Gasteiger partial charge in [-0.25, -0.2) is 14.6 Å². The van der Waals surface area contributed by atoms with E-state index in [2.05, 4.69) is 58.1 Å². The molecule has 0 radical (unpaired) electrons. The van der Waals surface area contributed by atoms with Crippen LogP contribution in [0.3, 0.4) is 0 Å². The van der Waals surface area contributed by atoms with Crippen molar-refractivity contribution in [2.45, 2.75) is 45.7 Å². The summed E-state index contributed by atoms with van der Waals surface area (Å²) in [6.07, 6.45) is 10.9. The van der Waals surface area contributed by atoms with Gasteiger partial charge in [-0.1, -0.05) is 6.07 Å². The molecule has 1 aromatic carbocycles. The van der Waals surface area contributed by atoms with E-state index < -0.39 is 0 Å². The third-order valence-electron chi connectivity index (χ3n) is 5.76. The van der Waals surface area contributed by atoms with Crippen LogP contribution >= 0.6 is 0 Å². The Balaban J connectivity index is 1.38. The molecule has 1 atom stereocenters. The van der Waals surface area contributed by atoms with Crippen molar-refractivity contribution in [2.24, 2.45) is 0 Å². The summed E-state index contributed by atoms with van der Waals surface area (Å²) < 4.78 is 4.17. The van der Waals surface area contributed by atoms with Crippen molar-refractivity contribution in [1.82, 2.24) is 29.6 Å². The summed E-state index contributed by atoms with van der Waals surface area (Å²) in [4.78, 5) is 8.75. The predicted molar refractivity (Wildman–Crippen MR) is 117 cm³/mol. The molecular weight excluding hydrogens is 372 g/mol. The maximum Gasteiger partial charge on any atom is 0.233 e. The third kappa shape index (κ3) is 3.55. The number of hydrogen-bond acceptors (Lipinski definition) is 4. The highest BCUT2D eigenvalue weighted by Crippen LogP contribution is 2.31. The standard InChI is InChI=1S/C24H26N6/c1-17-12-18(2)14-20(13-17)30-23-8-3-7-22(21(23)16-28-30)27-15-19-6-4-11-29(19)24-25-9-5-10-26-24/h4-6,9-14,16,22,27H,3,7-8,15H2,1-2H3. The zero-order chi connectivity index (χ0) is 20.5. The Bertz CT molecular complexity index is 1140. The van der Waals surface area contributed by atoms with Crippen LogP contribution in [0, 0.1) is 13.8 Å². The summed E-state index contributed by atoms with van der Waals surface area (Å²) in [5.41, 5.74) is 7.48. The molecule has 1 N–H and O–H groups in total. The fraction of sp³-hybridized carbons (Fsp3) is 0.292. The Labute approximate surface area is 176 Å². The number of aromatic nitrogens is 5. The molecule has 5 rings (SSSR count). The van der Waals surface area contributed by atoms with E-state index in [-0.39, 0.29) is 0 Å². The first-order valence-corrected chi connectivity index (χ1v) is 10.5. The third-order valence-corrected chi connectivity index (χ3v) is 5.76. The molecule has 0 fully saturated rings. The summed E-state index contributed by atoms with van der Waals surface area (Å²) in [5.74, 6) is 0.700.